The van der Waals surface area contributed by atoms with Crippen LogP contribution in [0.25, 0.3) is 0 Å². The van der Waals surface area contributed by atoms with Gasteiger partial charge in [0.1, 0.15) is 11.5 Å². The van der Waals surface area contributed by atoms with Gasteiger partial charge in [0.2, 0.25) is 0 Å². The molecule has 0 amide bonds. The summed E-state index contributed by atoms with van der Waals surface area (Å²) in [5, 5.41) is 0. The average molecular weight is 412 g/mol. The van der Waals surface area contributed by atoms with Crippen LogP contribution in [-0.2, 0) is 20.5 Å². The first-order chi connectivity index (χ1) is 14.1. The maximum atomic E-state index is 13.1. The van der Waals surface area contributed by atoms with Crippen LogP contribution >= 0.6 is 7.82 Å². The van der Waals surface area contributed by atoms with Gasteiger partial charge in [-0.15, -0.1) is 0 Å². The molecule has 0 saturated carbocycles. The van der Waals surface area contributed by atoms with E-state index >= 15 is 0 Å². The Morgan fingerprint density at radius 1 is 0.793 bits per heavy atom. The van der Waals surface area contributed by atoms with Crippen molar-refractivity contribution in [3.8, 4) is 11.5 Å². The van der Waals surface area contributed by atoms with Gasteiger partial charge in [0, 0.05) is 0 Å². The van der Waals surface area contributed by atoms with Crippen LogP contribution in [0.15, 0.2) is 84.9 Å². The van der Waals surface area contributed by atoms with E-state index in [9.17, 15) is 9.36 Å². The maximum absolute atomic E-state index is 13.1. The molecule has 29 heavy (non-hydrogen) atoms. The Bertz CT molecular complexity index is 912. The Balaban J connectivity index is 1.72. The molecule has 0 spiro atoms. The van der Waals surface area contributed by atoms with Gasteiger partial charge >= 0.3 is 13.8 Å². The van der Waals surface area contributed by atoms with Crippen molar-refractivity contribution in [3.05, 3.63) is 96.1 Å². The lowest BCUT2D eigenvalue weighted by Gasteiger charge is -2.17. The Morgan fingerprint density at radius 2 is 1.31 bits per heavy atom. The summed E-state index contributed by atoms with van der Waals surface area (Å²) in [7, 11) is -4.30. The van der Waals surface area contributed by atoms with E-state index in [1.807, 2.05) is 12.1 Å². The molecule has 0 unspecified atom stereocenters. The number of carbonyl (C=O) groups excluding carboxylic acids is 1. The molecule has 3 rings (SSSR count). The largest absolute Gasteiger partial charge is 0.625 e. The summed E-state index contributed by atoms with van der Waals surface area (Å²) in [5.41, 5.74) is 1.37. The third kappa shape index (κ3) is 6.21. The molecule has 0 bridgehead atoms. The molecule has 0 heterocycles. The molecule has 6 nitrogen and oxygen atoms in total. The van der Waals surface area contributed by atoms with Gasteiger partial charge in [-0.1, -0.05) is 61.9 Å². The number of aryl methyl sites for hydroxylation is 1. The quantitative estimate of drug-likeness (QED) is 0.244. The molecule has 3 aromatic rings. The molecule has 0 aromatic heterocycles. The molecule has 0 atom stereocenters. The number of benzene rings is 3. The summed E-state index contributed by atoms with van der Waals surface area (Å²) in [6.07, 6.45) is 1.92. The molecule has 3 aromatic carbocycles. The zero-order chi connectivity index (χ0) is 20.5. The van der Waals surface area contributed by atoms with Crippen LogP contribution in [0.2, 0.25) is 0 Å². The Kier molecular flexibility index (Phi) is 7.06. The maximum Gasteiger partial charge on any atom is 0.625 e. The van der Waals surface area contributed by atoms with Crippen LogP contribution in [0, 0.1) is 0 Å². The van der Waals surface area contributed by atoms with E-state index in [2.05, 4.69) is 6.92 Å². The minimum atomic E-state index is -4.30. The predicted molar refractivity (Wildman–Crippen MR) is 109 cm³/mol. The standard InChI is InChI=1S/C22H21O6P/c1-2-9-18-14-16-19(17-15-18)22(23)25-28-29(24,26-20-10-5-3-6-11-20)27-21-12-7-4-8-13-21/h3-8,10-17H,2,9H2,1H3. The third-order valence-corrected chi connectivity index (χ3v) is 4.98. The summed E-state index contributed by atoms with van der Waals surface area (Å²) in [6, 6.07) is 23.6. The van der Waals surface area contributed by atoms with E-state index in [0.29, 0.717) is 0 Å². The van der Waals surface area contributed by atoms with Gasteiger partial charge in [-0.25, -0.2) is 9.36 Å². The molecule has 0 fully saturated rings. The van der Waals surface area contributed by atoms with Gasteiger partial charge in [0.15, 0.2) is 0 Å². The van der Waals surface area contributed by atoms with Gasteiger partial charge in [-0.2, -0.15) is 0 Å². The third-order valence-electron chi connectivity index (χ3n) is 3.85. The molecule has 0 aliphatic carbocycles. The number of hydrogen-bond donors (Lipinski definition) is 0. The molecule has 0 aliphatic heterocycles. The van der Waals surface area contributed by atoms with Crippen LogP contribution in [0.3, 0.4) is 0 Å². The molecule has 0 aliphatic rings. The summed E-state index contributed by atoms with van der Waals surface area (Å²) >= 11 is 0. The number of rotatable bonds is 9. The van der Waals surface area contributed by atoms with Crippen LogP contribution in [0.1, 0.15) is 29.3 Å². The lowest BCUT2D eigenvalue weighted by molar-refractivity contribution is -0.163. The number of phosphoric ester groups is 1. The highest BCUT2D eigenvalue weighted by Crippen LogP contribution is 2.49. The topological polar surface area (TPSA) is 71.1 Å². The van der Waals surface area contributed by atoms with Gasteiger partial charge in [0.25, 0.3) is 0 Å². The normalized spacial score (nSPS) is 10.9. The first kappa shape index (κ1) is 20.6. The Morgan fingerprint density at radius 3 is 1.79 bits per heavy atom. The highest BCUT2D eigenvalue weighted by Gasteiger charge is 2.35. The molecule has 0 saturated heterocycles. The second kappa shape index (κ2) is 9.92. The van der Waals surface area contributed by atoms with E-state index in [1.54, 1.807) is 72.8 Å². The van der Waals surface area contributed by atoms with Crippen molar-refractivity contribution in [1.29, 1.82) is 0 Å². The highest BCUT2D eigenvalue weighted by atomic mass is 31.2. The van der Waals surface area contributed by atoms with Crippen LogP contribution in [0.5, 0.6) is 11.5 Å². The lowest BCUT2D eigenvalue weighted by atomic mass is 10.1. The molecule has 0 N–H and O–H groups in total. The van der Waals surface area contributed by atoms with Crippen molar-refractivity contribution < 1.29 is 28.0 Å². The fourth-order valence-electron chi connectivity index (χ4n) is 2.49. The molecular weight excluding hydrogens is 391 g/mol. The summed E-state index contributed by atoms with van der Waals surface area (Å²) < 4.78 is 28.7. The van der Waals surface area contributed by atoms with Crippen LogP contribution in [0.4, 0.5) is 0 Å². The van der Waals surface area contributed by atoms with Crippen molar-refractivity contribution in [1.82, 2.24) is 0 Å². The van der Waals surface area contributed by atoms with E-state index in [1.165, 1.54) is 0 Å². The lowest BCUT2D eigenvalue weighted by Crippen LogP contribution is -2.10. The van der Waals surface area contributed by atoms with Gasteiger partial charge in [-0.05, 0) is 53.1 Å². The van der Waals surface area contributed by atoms with Gasteiger partial charge in [-0.3, -0.25) is 4.89 Å². The molecule has 7 heteroatoms. The van der Waals surface area contributed by atoms with Crippen molar-refractivity contribution >= 4 is 13.8 Å². The van der Waals surface area contributed by atoms with E-state index in [-0.39, 0.29) is 17.1 Å². The molecule has 0 radical (unpaired) electrons. The predicted octanol–water partition coefficient (Wildman–Crippen LogP) is 5.99. The fraction of sp³-hybridized carbons (Fsp3) is 0.136. The number of hydrogen-bond acceptors (Lipinski definition) is 6. The zero-order valence-electron chi connectivity index (χ0n) is 15.9. The van der Waals surface area contributed by atoms with Crippen molar-refractivity contribution in [2.75, 3.05) is 0 Å². The van der Waals surface area contributed by atoms with Crippen molar-refractivity contribution in [3.63, 3.8) is 0 Å². The van der Waals surface area contributed by atoms with Crippen LogP contribution in [-0.4, -0.2) is 5.97 Å². The first-order valence-electron chi connectivity index (χ1n) is 9.17. The minimum absolute atomic E-state index is 0.242. The van der Waals surface area contributed by atoms with Gasteiger partial charge < -0.3 is 9.05 Å². The number of para-hydroxylation sites is 2. The minimum Gasteiger partial charge on any atom is -0.393 e. The summed E-state index contributed by atoms with van der Waals surface area (Å²) in [6.45, 7) is 2.08. The number of carbonyl (C=O) groups is 1. The van der Waals surface area contributed by atoms with E-state index in [4.69, 9.17) is 18.6 Å². The molecular formula is C22H21O6P. The second-order valence-electron chi connectivity index (χ2n) is 6.15. The zero-order valence-corrected chi connectivity index (χ0v) is 16.8. The number of phosphoric acid groups is 1. The Labute approximate surface area is 169 Å². The second-order valence-corrected chi connectivity index (χ2v) is 7.56. The van der Waals surface area contributed by atoms with Crippen molar-refractivity contribution in [2.45, 2.75) is 19.8 Å². The Hall–Kier alpha value is -3.08. The highest BCUT2D eigenvalue weighted by molar-refractivity contribution is 7.49. The molecule has 150 valence electrons. The van der Waals surface area contributed by atoms with Crippen LogP contribution < -0.4 is 9.05 Å². The SMILES string of the molecule is CCCc1ccc(C(=O)OOP(=O)(Oc2ccccc2)Oc2ccccc2)cc1. The average Bonchev–Trinajstić information content (AvgIpc) is 2.74. The van der Waals surface area contributed by atoms with E-state index < -0.39 is 13.8 Å². The summed E-state index contributed by atoms with van der Waals surface area (Å²) in [5.74, 6) is -0.319. The smallest absolute Gasteiger partial charge is 0.393 e. The van der Waals surface area contributed by atoms with E-state index in [0.717, 1.165) is 18.4 Å². The monoisotopic (exact) mass is 412 g/mol. The first-order valence-corrected chi connectivity index (χ1v) is 10.6. The fourth-order valence-corrected chi connectivity index (χ4v) is 3.51. The van der Waals surface area contributed by atoms with Gasteiger partial charge in [0.05, 0.1) is 5.56 Å². The summed E-state index contributed by atoms with van der Waals surface area (Å²) in [4.78, 5) is 17.1. The van der Waals surface area contributed by atoms with Crippen molar-refractivity contribution in [2.24, 2.45) is 0 Å².